The summed E-state index contributed by atoms with van der Waals surface area (Å²) in [5, 5.41) is 11.3. The molecule has 2 aromatic carbocycles. The molecular weight excluding hydrogens is 424 g/mol. The summed E-state index contributed by atoms with van der Waals surface area (Å²) >= 11 is 1.28. The van der Waals surface area contributed by atoms with Gasteiger partial charge in [0.2, 0.25) is 11.8 Å². The van der Waals surface area contributed by atoms with E-state index in [1.165, 1.54) is 18.1 Å². The molecule has 0 radical (unpaired) electrons. The Morgan fingerprint density at radius 3 is 2.62 bits per heavy atom. The molecule has 0 fully saturated rings. The van der Waals surface area contributed by atoms with E-state index in [4.69, 9.17) is 0 Å². The lowest BCUT2D eigenvalue weighted by molar-refractivity contribution is -0.122. The highest BCUT2D eigenvalue weighted by atomic mass is 32.2. The van der Waals surface area contributed by atoms with Crippen molar-refractivity contribution in [1.29, 1.82) is 0 Å². The first-order valence-electron chi connectivity index (χ1n) is 10.0. The third-order valence-electron chi connectivity index (χ3n) is 4.99. The van der Waals surface area contributed by atoms with Crippen molar-refractivity contribution in [2.45, 2.75) is 18.9 Å². The van der Waals surface area contributed by atoms with Gasteiger partial charge in [-0.05, 0) is 43.2 Å². The van der Waals surface area contributed by atoms with Crippen LogP contribution in [0.25, 0.3) is 16.7 Å². The van der Waals surface area contributed by atoms with Crippen molar-refractivity contribution in [1.82, 2.24) is 25.1 Å². The van der Waals surface area contributed by atoms with Gasteiger partial charge in [-0.25, -0.2) is 14.6 Å². The molecule has 0 spiro atoms. The topological polar surface area (TPSA) is 102 Å². The zero-order valence-electron chi connectivity index (χ0n) is 17.7. The summed E-state index contributed by atoms with van der Waals surface area (Å²) in [6.07, 6.45) is 3.15. The number of aryl methyl sites for hydroxylation is 1. The number of aromatic nitrogens is 4. The van der Waals surface area contributed by atoms with Gasteiger partial charge < -0.3 is 10.6 Å². The van der Waals surface area contributed by atoms with Crippen molar-refractivity contribution >= 4 is 40.3 Å². The monoisotopic (exact) mass is 446 g/mol. The predicted molar refractivity (Wildman–Crippen MR) is 125 cm³/mol. The van der Waals surface area contributed by atoms with Crippen molar-refractivity contribution in [3.8, 4) is 5.69 Å². The Balaban J connectivity index is 1.34. The van der Waals surface area contributed by atoms with E-state index < -0.39 is 0 Å². The number of para-hydroxylation sites is 1. The van der Waals surface area contributed by atoms with Crippen LogP contribution < -0.4 is 10.6 Å². The maximum absolute atomic E-state index is 12.3. The van der Waals surface area contributed by atoms with Gasteiger partial charge in [-0.3, -0.25) is 9.59 Å². The van der Waals surface area contributed by atoms with Gasteiger partial charge in [0.15, 0.2) is 5.65 Å². The molecule has 0 bridgehead atoms. The number of anilines is 1. The summed E-state index contributed by atoms with van der Waals surface area (Å²) in [6.45, 7) is 3.83. The van der Waals surface area contributed by atoms with Crippen LogP contribution in [0, 0.1) is 13.8 Å². The Kier molecular flexibility index (Phi) is 6.46. The minimum Gasteiger partial charge on any atom is -0.346 e. The molecule has 0 aliphatic rings. The van der Waals surface area contributed by atoms with E-state index in [1.54, 1.807) is 10.9 Å². The molecule has 2 heterocycles. The maximum atomic E-state index is 12.3. The lowest BCUT2D eigenvalue weighted by atomic mass is 10.1. The van der Waals surface area contributed by atoms with Gasteiger partial charge in [0.25, 0.3) is 0 Å². The molecule has 32 heavy (non-hydrogen) atoms. The molecule has 0 atom stereocenters. The van der Waals surface area contributed by atoms with Crippen LogP contribution in [-0.2, 0) is 9.59 Å². The molecule has 4 aromatic rings. The molecule has 162 valence electrons. The number of benzene rings is 2. The number of thioether (sulfide) groups is 1. The van der Waals surface area contributed by atoms with Gasteiger partial charge in [-0.15, -0.1) is 0 Å². The molecule has 8 nitrogen and oxygen atoms in total. The van der Waals surface area contributed by atoms with E-state index in [-0.39, 0.29) is 24.1 Å². The SMILES string of the molecule is Cc1cccc(NC(=O)CNC(=O)CSc2ncnc3c2cnn3-c2ccccc2)c1C. The van der Waals surface area contributed by atoms with Crippen LogP contribution in [0.1, 0.15) is 11.1 Å². The van der Waals surface area contributed by atoms with Crippen molar-refractivity contribution in [2.24, 2.45) is 0 Å². The molecule has 9 heteroatoms. The van der Waals surface area contributed by atoms with Crippen molar-refractivity contribution < 1.29 is 9.59 Å². The van der Waals surface area contributed by atoms with Gasteiger partial charge in [0.05, 0.1) is 29.6 Å². The Labute approximate surface area is 189 Å². The normalized spacial score (nSPS) is 10.8. The molecule has 0 aliphatic heterocycles. The van der Waals surface area contributed by atoms with Crippen molar-refractivity contribution in [2.75, 3.05) is 17.6 Å². The van der Waals surface area contributed by atoms with Gasteiger partial charge in [0, 0.05) is 5.69 Å². The third-order valence-corrected chi connectivity index (χ3v) is 6.00. The summed E-state index contributed by atoms with van der Waals surface area (Å²) in [6, 6.07) is 15.4. The Morgan fingerprint density at radius 1 is 1.00 bits per heavy atom. The number of hydrogen-bond acceptors (Lipinski definition) is 6. The average molecular weight is 447 g/mol. The van der Waals surface area contributed by atoms with Crippen molar-refractivity contribution in [3.63, 3.8) is 0 Å². The molecule has 0 unspecified atom stereocenters. The molecule has 2 amide bonds. The number of amides is 2. The summed E-state index contributed by atoms with van der Waals surface area (Å²) in [4.78, 5) is 33.1. The maximum Gasteiger partial charge on any atom is 0.243 e. The first-order valence-corrected chi connectivity index (χ1v) is 11.0. The Morgan fingerprint density at radius 2 is 1.81 bits per heavy atom. The number of nitrogens with one attached hydrogen (secondary N) is 2. The summed E-state index contributed by atoms with van der Waals surface area (Å²) in [5.41, 5.74) is 4.41. The van der Waals surface area contributed by atoms with Crippen molar-refractivity contribution in [3.05, 3.63) is 72.2 Å². The number of carbonyl (C=O) groups excluding carboxylic acids is 2. The Bertz CT molecular complexity index is 1270. The van der Waals surface area contributed by atoms with E-state index in [9.17, 15) is 9.59 Å². The van der Waals surface area contributed by atoms with E-state index in [1.807, 2.05) is 62.4 Å². The fraction of sp³-hybridized carbons (Fsp3) is 0.174. The quantitative estimate of drug-likeness (QED) is 0.334. The van der Waals surface area contributed by atoms with Crippen LogP contribution >= 0.6 is 11.8 Å². The zero-order chi connectivity index (χ0) is 22.5. The first kappa shape index (κ1) is 21.5. The first-order chi connectivity index (χ1) is 15.5. The van der Waals surface area contributed by atoms with E-state index in [0.29, 0.717) is 10.7 Å². The highest BCUT2D eigenvalue weighted by Gasteiger charge is 2.14. The molecule has 4 rings (SSSR count). The smallest absolute Gasteiger partial charge is 0.243 e. The van der Waals surface area contributed by atoms with Gasteiger partial charge in [-0.1, -0.05) is 42.1 Å². The molecule has 0 aliphatic carbocycles. The molecular formula is C23H22N6O2S. The predicted octanol–water partition coefficient (Wildman–Crippen LogP) is 3.28. The Hall–Kier alpha value is -3.72. The van der Waals surface area contributed by atoms with Crippen LogP contribution in [-0.4, -0.2) is 43.9 Å². The van der Waals surface area contributed by atoms with Crippen LogP contribution in [0.2, 0.25) is 0 Å². The van der Waals surface area contributed by atoms with Crippen LogP contribution in [0.5, 0.6) is 0 Å². The molecule has 0 saturated carbocycles. The fourth-order valence-electron chi connectivity index (χ4n) is 3.14. The standard InChI is InChI=1S/C23H22N6O2S/c1-15-7-6-10-19(16(15)2)28-20(30)12-24-21(31)13-32-23-18-11-27-29(22(18)25-14-26-23)17-8-4-3-5-9-17/h3-11,14H,12-13H2,1-2H3,(H,24,31)(H,28,30). The summed E-state index contributed by atoms with van der Waals surface area (Å²) in [5.74, 6) is -0.404. The van der Waals surface area contributed by atoms with Crippen LogP contribution in [0.15, 0.2) is 66.1 Å². The van der Waals surface area contributed by atoms with E-state index in [0.717, 1.165) is 27.9 Å². The summed E-state index contributed by atoms with van der Waals surface area (Å²) in [7, 11) is 0. The second kappa shape index (κ2) is 9.61. The highest BCUT2D eigenvalue weighted by Crippen LogP contribution is 2.25. The fourth-order valence-corrected chi connectivity index (χ4v) is 3.93. The van der Waals surface area contributed by atoms with Crippen LogP contribution in [0.3, 0.4) is 0 Å². The minimum atomic E-state index is -0.273. The number of rotatable bonds is 7. The largest absolute Gasteiger partial charge is 0.346 e. The number of fused-ring (bicyclic) bond motifs is 1. The van der Waals surface area contributed by atoms with Crippen LogP contribution in [0.4, 0.5) is 5.69 Å². The molecule has 0 saturated heterocycles. The zero-order valence-corrected chi connectivity index (χ0v) is 18.5. The van der Waals surface area contributed by atoms with Gasteiger partial charge >= 0.3 is 0 Å². The number of nitrogens with zero attached hydrogens (tertiary/aromatic N) is 4. The third kappa shape index (κ3) is 4.78. The van der Waals surface area contributed by atoms with E-state index >= 15 is 0 Å². The van der Waals surface area contributed by atoms with E-state index in [2.05, 4.69) is 25.7 Å². The van der Waals surface area contributed by atoms with Gasteiger partial charge in [0.1, 0.15) is 11.4 Å². The summed E-state index contributed by atoms with van der Waals surface area (Å²) < 4.78 is 1.73. The number of carbonyl (C=O) groups is 2. The minimum absolute atomic E-state index is 0.0993. The lowest BCUT2D eigenvalue weighted by Crippen LogP contribution is -2.34. The lowest BCUT2D eigenvalue weighted by Gasteiger charge is -2.11. The highest BCUT2D eigenvalue weighted by molar-refractivity contribution is 8.00. The average Bonchev–Trinajstić information content (AvgIpc) is 3.25. The number of hydrogen-bond donors (Lipinski definition) is 2. The van der Waals surface area contributed by atoms with Gasteiger partial charge in [-0.2, -0.15) is 5.10 Å². The molecule has 2 aromatic heterocycles. The second-order valence-electron chi connectivity index (χ2n) is 7.17. The molecule has 2 N–H and O–H groups in total. The second-order valence-corrected chi connectivity index (χ2v) is 8.13.